The highest BCUT2D eigenvalue weighted by molar-refractivity contribution is 8.00. The highest BCUT2D eigenvalue weighted by atomic mass is 35.5. The molecule has 5 rings (SSSR count). The molecule has 1 N–H and O–H groups in total. The Kier molecular flexibility index (Phi) is 5.93. The third-order valence-corrected chi connectivity index (χ3v) is 6.64. The largest absolute Gasteiger partial charge is 0.454 e. The third kappa shape index (κ3) is 4.34. The van der Waals surface area contributed by atoms with Gasteiger partial charge in [-0.15, -0.1) is 0 Å². The van der Waals surface area contributed by atoms with Gasteiger partial charge in [-0.25, -0.2) is 4.98 Å². The summed E-state index contributed by atoms with van der Waals surface area (Å²) < 4.78 is 12.2. The minimum absolute atomic E-state index is 0.160. The second-order valence-corrected chi connectivity index (χ2v) is 9.60. The van der Waals surface area contributed by atoms with Crippen LogP contribution in [0.3, 0.4) is 0 Å². The van der Waals surface area contributed by atoms with Gasteiger partial charge >= 0.3 is 0 Å². The van der Waals surface area contributed by atoms with Crippen LogP contribution in [-0.4, -0.2) is 27.5 Å². The van der Waals surface area contributed by atoms with Gasteiger partial charge in [0.25, 0.3) is 5.56 Å². The van der Waals surface area contributed by atoms with Gasteiger partial charge in [0.05, 0.1) is 21.8 Å². The lowest BCUT2D eigenvalue weighted by atomic mass is 10.2. The van der Waals surface area contributed by atoms with Crippen molar-refractivity contribution >= 4 is 45.9 Å². The molecule has 34 heavy (non-hydrogen) atoms. The maximum atomic E-state index is 13.5. The van der Waals surface area contributed by atoms with Crippen molar-refractivity contribution in [1.29, 1.82) is 0 Å². The van der Waals surface area contributed by atoms with Crippen LogP contribution < -0.4 is 20.3 Å². The smallest absolute Gasteiger partial charge is 0.266 e. The molecule has 1 atom stereocenters. The number of carbonyl (C=O) groups excluding carboxylic acids is 1. The summed E-state index contributed by atoms with van der Waals surface area (Å²) in [6.45, 7) is 3.88. The number of aromatic nitrogens is 2. The number of thioether (sulfide) groups is 1. The number of rotatable bonds is 5. The van der Waals surface area contributed by atoms with Gasteiger partial charge in [-0.3, -0.25) is 14.2 Å². The highest BCUT2D eigenvalue weighted by Crippen LogP contribution is 2.34. The van der Waals surface area contributed by atoms with Crippen LogP contribution in [0.15, 0.2) is 70.6 Å². The topological polar surface area (TPSA) is 82.5 Å². The Bertz CT molecular complexity index is 1490. The van der Waals surface area contributed by atoms with Gasteiger partial charge in [-0.2, -0.15) is 0 Å². The van der Waals surface area contributed by atoms with Crippen LogP contribution in [-0.2, 0) is 4.79 Å². The van der Waals surface area contributed by atoms with Crippen LogP contribution in [0.25, 0.3) is 16.6 Å². The van der Waals surface area contributed by atoms with E-state index in [4.69, 9.17) is 26.1 Å². The Morgan fingerprint density at radius 3 is 2.76 bits per heavy atom. The number of aryl methyl sites for hydroxylation is 1. The van der Waals surface area contributed by atoms with E-state index in [1.165, 1.54) is 16.3 Å². The van der Waals surface area contributed by atoms with Crippen molar-refractivity contribution in [3.8, 4) is 17.2 Å². The Morgan fingerprint density at radius 2 is 1.94 bits per heavy atom. The van der Waals surface area contributed by atoms with E-state index < -0.39 is 5.25 Å². The zero-order valence-corrected chi connectivity index (χ0v) is 19.9. The molecule has 0 spiro atoms. The number of ether oxygens (including phenoxy) is 2. The van der Waals surface area contributed by atoms with Gasteiger partial charge in [0.15, 0.2) is 16.7 Å². The Hall–Kier alpha value is -3.49. The molecule has 4 aromatic rings. The van der Waals surface area contributed by atoms with Crippen molar-refractivity contribution < 1.29 is 14.3 Å². The Balaban J connectivity index is 1.50. The van der Waals surface area contributed by atoms with Gasteiger partial charge in [-0.05, 0) is 61.9 Å². The molecule has 0 saturated carbocycles. The normalized spacial score (nSPS) is 13.1. The second-order valence-electron chi connectivity index (χ2n) is 7.85. The second kappa shape index (κ2) is 9.04. The first kappa shape index (κ1) is 22.3. The van der Waals surface area contributed by atoms with Crippen LogP contribution in [0.4, 0.5) is 5.69 Å². The lowest BCUT2D eigenvalue weighted by Crippen LogP contribution is -2.26. The van der Waals surface area contributed by atoms with Crippen molar-refractivity contribution in [1.82, 2.24) is 9.55 Å². The molecule has 9 heteroatoms. The number of halogens is 1. The molecule has 1 amide bonds. The quantitative estimate of drug-likeness (QED) is 0.304. The van der Waals surface area contributed by atoms with Crippen LogP contribution in [0, 0.1) is 6.92 Å². The predicted octanol–water partition coefficient (Wildman–Crippen LogP) is 5.20. The molecule has 0 aliphatic carbocycles. The van der Waals surface area contributed by atoms with E-state index in [-0.39, 0.29) is 18.3 Å². The molecule has 0 radical (unpaired) electrons. The van der Waals surface area contributed by atoms with E-state index in [0.29, 0.717) is 44.0 Å². The Labute approximate surface area is 204 Å². The van der Waals surface area contributed by atoms with Crippen molar-refractivity contribution in [3.05, 3.63) is 81.6 Å². The summed E-state index contributed by atoms with van der Waals surface area (Å²) in [5, 5.41) is 3.68. The molecular formula is C25H20ClN3O4S. The summed E-state index contributed by atoms with van der Waals surface area (Å²) in [5.74, 6) is 0.987. The number of carbonyl (C=O) groups is 1. The first-order valence-electron chi connectivity index (χ1n) is 10.6. The first-order valence-corrected chi connectivity index (χ1v) is 11.8. The van der Waals surface area contributed by atoms with Crippen LogP contribution in [0.1, 0.15) is 12.5 Å². The molecule has 2 heterocycles. The summed E-state index contributed by atoms with van der Waals surface area (Å²) in [6.07, 6.45) is 0. The van der Waals surface area contributed by atoms with Gasteiger partial charge in [0, 0.05) is 16.8 Å². The molecule has 0 fully saturated rings. The number of hydrogen-bond acceptors (Lipinski definition) is 6. The average molecular weight is 494 g/mol. The monoisotopic (exact) mass is 493 g/mol. The van der Waals surface area contributed by atoms with Crippen LogP contribution in [0.2, 0.25) is 5.02 Å². The van der Waals surface area contributed by atoms with E-state index >= 15 is 0 Å². The van der Waals surface area contributed by atoms with Gasteiger partial charge in [0.2, 0.25) is 12.7 Å². The third-order valence-electron chi connectivity index (χ3n) is 5.35. The number of anilines is 1. The van der Waals surface area contributed by atoms with E-state index in [2.05, 4.69) is 5.32 Å². The average Bonchev–Trinajstić information content (AvgIpc) is 3.27. The molecule has 172 valence electrons. The van der Waals surface area contributed by atoms with Crippen LogP contribution in [0.5, 0.6) is 11.5 Å². The molecule has 3 aromatic carbocycles. The van der Waals surface area contributed by atoms with Gasteiger partial charge in [0.1, 0.15) is 0 Å². The van der Waals surface area contributed by atoms with Crippen molar-refractivity contribution in [3.63, 3.8) is 0 Å². The molecule has 1 unspecified atom stereocenters. The number of benzene rings is 3. The fraction of sp³-hybridized carbons (Fsp3) is 0.160. The predicted molar refractivity (Wildman–Crippen MR) is 134 cm³/mol. The Morgan fingerprint density at radius 1 is 1.12 bits per heavy atom. The fourth-order valence-electron chi connectivity index (χ4n) is 3.64. The summed E-state index contributed by atoms with van der Waals surface area (Å²) in [5.41, 5.74) is 2.53. The lowest BCUT2D eigenvalue weighted by Gasteiger charge is -2.17. The zero-order valence-electron chi connectivity index (χ0n) is 18.4. The van der Waals surface area contributed by atoms with Crippen molar-refractivity contribution in [2.45, 2.75) is 24.3 Å². The molecule has 1 aromatic heterocycles. The van der Waals surface area contributed by atoms with E-state index in [9.17, 15) is 9.59 Å². The minimum atomic E-state index is -0.551. The number of nitrogens with zero attached hydrogens (tertiary/aromatic N) is 2. The van der Waals surface area contributed by atoms with E-state index in [1.807, 2.05) is 31.2 Å². The fourth-order valence-corrected chi connectivity index (χ4v) is 4.74. The summed E-state index contributed by atoms with van der Waals surface area (Å²) in [4.78, 5) is 31.1. The SMILES string of the molecule is Cc1cccc(-n2c(SC(C)C(=O)Nc3ccc4c(c3)OCO4)nc3cc(Cl)ccc3c2=O)c1. The summed E-state index contributed by atoms with van der Waals surface area (Å²) in [6, 6.07) is 17.8. The summed E-state index contributed by atoms with van der Waals surface area (Å²) >= 11 is 7.35. The molecule has 1 aliphatic heterocycles. The maximum Gasteiger partial charge on any atom is 0.266 e. The van der Waals surface area contributed by atoms with Crippen LogP contribution >= 0.6 is 23.4 Å². The molecule has 0 saturated heterocycles. The minimum Gasteiger partial charge on any atom is -0.454 e. The summed E-state index contributed by atoms with van der Waals surface area (Å²) in [7, 11) is 0. The molecule has 7 nitrogen and oxygen atoms in total. The standard InChI is InChI=1S/C25H20ClN3O4S/c1-14-4-3-5-18(10-14)29-24(31)19-8-6-16(26)11-20(19)28-25(29)34-15(2)23(30)27-17-7-9-21-22(12-17)33-13-32-21/h3-12,15H,13H2,1-2H3,(H,27,30). The van der Waals surface area contributed by atoms with E-state index in [1.54, 1.807) is 43.3 Å². The maximum absolute atomic E-state index is 13.5. The number of hydrogen-bond donors (Lipinski definition) is 1. The molecule has 1 aliphatic rings. The molecule has 0 bridgehead atoms. The number of amides is 1. The van der Waals surface area contributed by atoms with Crippen molar-refractivity contribution in [2.24, 2.45) is 0 Å². The first-order chi connectivity index (χ1) is 16.4. The number of fused-ring (bicyclic) bond motifs is 2. The number of nitrogens with one attached hydrogen (secondary N) is 1. The van der Waals surface area contributed by atoms with Gasteiger partial charge < -0.3 is 14.8 Å². The lowest BCUT2D eigenvalue weighted by molar-refractivity contribution is -0.115. The highest BCUT2D eigenvalue weighted by Gasteiger charge is 2.22. The molecular weight excluding hydrogens is 474 g/mol. The van der Waals surface area contributed by atoms with E-state index in [0.717, 1.165) is 5.56 Å². The van der Waals surface area contributed by atoms with Gasteiger partial charge in [-0.1, -0.05) is 35.5 Å². The van der Waals surface area contributed by atoms with Crippen molar-refractivity contribution in [2.75, 3.05) is 12.1 Å². The zero-order chi connectivity index (χ0) is 23.8.